The molecule has 37 heavy (non-hydrogen) atoms. The van der Waals surface area contributed by atoms with E-state index in [1.165, 1.54) is 0 Å². The molecule has 10 heteroatoms. The number of nitrogens with zero attached hydrogens (tertiary/aromatic N) is 6. The standard InChI is InChI=1S/C27H33N7O3/c1-27(2,3)37-26(36)33-13-10-18(11-14-33)34-15-12-23(30-34)29-24-16-21-22(17-28-24)32(5)25(35)19-8-6-7-9-20(19)31(21)4/h6-9,12,15-18H,10-11,13-14H2,1-5H3,(H,28,29,30). The number of likely N-dealkylation sites (tertiary alicyclic amines) is 1. The van der Waals surface area contributed by atoms with Gasteiger partial charge in [-0.05, 0) is 45.7 Å². The van der Waals surface area contributed by atoms with Gasteiger partial charge in [-0.25, -0.2) is 9.78 Å². The number of nitrogens with one attached hydrogen (secondary N) is 1. The summed E-state index contributed by atoms with van der Waals surface area (Å²) in [7, 11) is 3.72. The highest BCUT2D eigenvalue weighted by Crippen LogP contribution is 2.40. The zero-order valence-corrected chi connectivity index (χ0v) is 21.9. The van der Waals surface area contributed by atoms with Gasteiger partial charge in [-0.1, -0.05) is 12.1 Å². The van der Waals surface area contributed by atoms with Crippen LogP contribution in [-0.4, -0.2) is 64.5 Å². The number of anilines is 5. The molecule has 0 saturated carbocycles. The van der Waals surface area contributed by atoms with E-state index in [2.05, 4.69) is 10.3 Å². The molecule has 2 aliphatic rings. The van der Waals surface area contributed by atoms with Crippen molar-refractivity contribution in [2.24, 2.45) is 0 Å². The zero-order chi connectivity index (χ0) is 26.3. The van der Waals surface area contributed by atoms with Crippen LogP contribution in [0.3, 0.4) is 0 Å². The number of piperidine rings is 1. The summed E-state index contributed by atoms with van der Waals surface area (Å²) in [5, 5.41) is 8.02. The third kappa shape index (κ3) is 4.96. The second-order valence-corrected chi connectivity index (χ2v) is 10.5. The minimum atomic E-state index is -0.497. The van der Waals surface area contributed by atoms with Gasteiger partial charge in [-0.2, -0.15) is 5.10 Å². The number of carbonyl (C=O) groups is 2. The van der Waals surface area contributed by atoms with E-state index >= 15 is 0 Å². The van der Waals surface area contributed by atoms with Crippen molar-refractivity contribution >= 4 is 40.7 Å². The maximum Gasteiger partial charge on any atom is 0.410 e. The molecule has 0 unspecified atom stereocenters. The summed E-state index contributed by atoms with van der Waals surface area (Å²) >= 11 is 0. The number of hydrogen-bond donors (Lipinski definition) is 1. The smallest absolute Gasteiger partial charge is 0.410 e. The van der Waals surface area contributed by atoms with Gasteiger partial charge in [-0.15, -0.1) is 0 Å². The first kappa shape index (κ1) is 24.6. The highest BCUT2D eigenvalue weighted by Gasteiger charge is 2.29. The quantitative estimate of drug-likeness (QED) is 0.540. The molecule has 0 aliphatic carbocycles. The Morgan fingerprint density at radius 3 is 2.46 bits per heavy atom. The maximum atomic E-state index is 13.0. The minimum absolute atomic E-state index is 0.0693. The average molecular weight is 504 g/mol. The van der Waals surface area contributed by atoms with Crippen molar-refractivity contribution in [1.29, 1.82) is 0 Å². The van der Waals surface area contributed by atoms with Crippen LogP contribution in [0.5, 0.6) is 0 Å². The molecule has 2 amide bonds. The number of para-hydroxylation sites is 1. The Balaban J connectivity index is 1.28. The predicted octanol–water partition coefficient (Wildman–Crippen LogP) is 4.95. The number of hydrogen-bond acceptors (Lipinski definition) is 7. The van der Waals surface area contributed by atoms with Crippen molar-refractivity contribution in [3.63, 3.8) is 0 Å². The Morgan fingerprint density at radius 2 is 1.73 bits per heavy atom. The number of carbonyl (C=O) groups excluding carboxylic acids is 2. The van der Waals surface area contributed by atoms with E-state index < -0.39 is 5.60 Å². The van der Waals surface area contributed by atoms with Crippen LogP contribution in [0, 0.1) is 0 Å². The summed E-state index contributed by atoms with van der Waals surface area (Å²) in [4.78, 5) is 35.3. The summed E-state index contributed by atoms with van der Waals surface area (Å²) in [6, 6.07) is 11.6. The number of ether oxygens (including phenoxy) is 1. The summed E-state index contributed by atoms with van der Waals surface area (Å²) in [5.41, 5.74) is 2.60. The lowest BCUT2D eigenvalue weighted by Crippen LogP contribution is -2.42. The van der Waals surface area contributed by atoms with Crippen molar-refractivity contribution in [2.75, 3.05) is 42.3 Å². The van der Waals surface area contributed by atoms with E-state index in [4.69, 9.17) is 9.84 Å². The topological polar surface area (TPSA) is 95.8 Å². The SMILES string of the molecule is CN1C(=O)c2ccccc2N(C)c2cc(Nc3ccn(C4CCN(C(=O)OC(C)(C)C)CC4)n3)ncc21. The molecule has 10 nitrogen and oxygen atoms in total. The van der Waals surface area contributed by atoms with Gasteiger partial charge in [0, 0.05) is 45.5 Å². The van der Waals surface area contributed by atoms with Crippen LogP contribution >= 0.6 is 0 Å². The highest BCUT2D eigenvalue weighted by atomic mass is 16.6. The predicted molar refractivity (Wildman–Crippen MR) is 143 cm³/mol. The zero-order valence-electron chi connectivity index (χ0n) is 21.9. The number of rotatable bonds is 3. The molecular formula is C27H33N7O3. The lowest BCUT2D eigenvalue weighted by Gasteiger charge is -2.33. The molecule has 0 bridgehead atoms. The van der Waals surface area contributed by atoms with Crippen LogP contribution in [0.4, 0.5) is 33.5 Å². The van der Waals surface area contributed by atoms with Crippen molar-refractivity contribution in [3.8, 4) is 0 Å². The number of benzene rings is 1. The summed E-state index contributed by atoms with van der Waals surface area (Å²) in [5.74, 6) is 1.25. The van der Waals surface area contributed by atoms with E-state index in [0.29, 0.717) is 30.3 Å². The normalized spacial score (nSPS) is 16.2. The van der Waals surface area contributed by atoms with Gasteiger partial charge in [0.2, 0.25) is 0 Å². The van der Waals surface area contributed by atoms with E-state index in [1.807, 2.05) is 80.0 Å². The van der Waals surface area contributed by atoms with Gasteiger partial charge in [0.1, 0.15) is 11.4 Å². The fourth-order valence-corrected chi connectivity index (χ4v) is 4.78. The summed E-state index contributed by atoms with van der Waals surface area (Å²) < 4.78 is 7.45. The van der Waals surface area contributed by atoms with Gasteiger partial charge in [-0.3, -0.25) is 9.48 Å². The van der Waals surface area contributed by atoms with Gasteiger partial charge in [0.15, 0.2) is 5.82 Å². The molecule has 194 valence electrons. The number of amides is 2. The molecule has 1 aromatic carbocycles. The largest absolute Gasteiger partial charge is 0.444 e. The molecule has 1 fully saturated rings. The molecule has 1 saturated heterocycles. The lowest BCUT2D eigenvalue weighted by atomic mass is 10.1. The van der Waals surface area contributed by atoms with Crippen molar-refractivity contribution in [3.05, 3.63) is 54.4 Å². The van der Waals surface area contributed by atoms with E-state index in [0.717, 1.165) is 29.9 Å². The number of fused-ring (bicyclic) bond motifs is 2. The van der Waals surface area contributed by atoms with Gasteiger partial charge in [0.25, 0.3) is 5.91 Å². The fourth-order valence-electron chi connectivity index (χ4n) is 4.78. The lowest BCUT2D eigenvalue weighted by molar-refractivity contribution is 0.0184. The third-order valence-corrected chi connectivity index (χ3v) is 6.74. The Kier molecular flexibility index (Phi) is 6.26. The highest BCUT2D eigenvalue weighted by molar-refractivity contribution is 6.13. The number of aromatic nitrogens is 3. The minimum Gasteiger partial charge on any atom is -0.444 e. The molecule has 2 aromatic heterocycles. The second kappa shape index (κ2) is 9.42. The van der Waals surface area contributed by atoms with Crippen molar-refractivity contribution in [1.82, 2.24) is 19.7 Å². The van der Waals surface area contributed by atoms with Crippen molar-refractivity contribution in [2.45, 2.75) is 45.3 Å². The molecule has 5 rings (SSSR count). The molecule has 2 aliphatic heterocycles. The Bertz CT molecular complexity index is 1320. The average Bonchev–Trinajstić information content (AvgIpc) is 3.32. The molecule has 3 aromatic rings. The Hall–Kier alpha value is -4.08. The van der Waals surface area contributed by atoms with E-state index in [9.17, 15) is 9.59 Å². The van der Waals surface area contributed by atoms with Crippen LogP contribution < -0.4 is 15.1 Å². The molecule has 0 spiro atoms. The van der Waals surface area contributed by atoms with Crippen LogP contribution in [0.25, 0.3) is 0 Å². The van der Waals surface area contributed by atoms with E-state index in [-0.39, 0.29) is 18.0 Å². The van der Waals surface area contributed by atoms with Crippen LogP contribution in [0.2, 0.25) is 0 Å². The van der Waals surface area contributed by atoms with Crippen molar-refractivity contribution < 1.29 is 14.3 Å². The Morgan fingerprint density at radius 1 is 1.00 bits per heavy atom. The molecule has 4 heterocycles. The van der Waals surface area contributed by atoms with Gasteiger partial charge in [0.05, 0.1) is 34.9 Å². The van der Waals surface area contributed by atoms with Crippen LogP contribution in [0.15, 0.2) is 48.8 Å². The third-order valence-electron chi connectivity index (χ3n) is 6.74. The van der Waals surface area contributed by atoms with Gasteiger partial charge < -0.3 is 24.8 Å². The molecule has 1 N–H and O–H groups in total. The van der Waals surface area contributed by atoms with Gasteiger partial charge >= 0.3 is 6.09 Å². The molecule has 0 atom stereocenters. The number of pyridine rings is 1. The second-order valence-electron chi connectivity index (χ2n) is 10.5. The molecule has 0 radical (unpaired) electrons. The molecular weight excluding hydrogens is 470 g/mol. The monoisotopic (exact) mass is 503 g/mol. The first-order valence-electron chi connectivity index (χ1n) is 12.5. The summed E-state index contributed by atoms with van der Waals surface area (Å²) in [6.45, 7) is 6.90. The first-order chi connectivity index (χ1) is 17.6. The van der Waals surface area contributed by atoms with E-state index in [1.54, 1.807) is 23.0 Å². The van der Waals surface area contributed by atoms with Crippen LogP contribution in [-0.2, 0) is 4.74 Å². The summed E-state index contributed by atoms with van der Waals surface area (Å²) in [6.07, 6.45) is 5.02. The fraction of sp³-hybridized carbons (Fsp3) is 0.407. The Labute approximate surface area is 216 Å². The van der Waals surface area contributed by atoms with Crippen LogP contribution in [0.1, 0.15) is 50.0 Å². The first-order valence-corrected chi connectivity index (χ1v) is 12.5. The maximum absolute atomic E-state index is 13.0.